The van der Waals surface area contributed by atoms with E-state index in [1.807, 2.05) is 13.1 Å². The molecule has 24 heavy (non-hydrogen) atoms. The van der Waals surface area contributed by atoms with Crippen molar-refractivity contribution in [1.82, 2.24) is 10.6 Å². The zero-order valence-electron chi connectivity index (χ0n) is 14.8. The fraction of sp³-hybridized carbons (Fsp3) is 0.611. The predicted octanol–water partition coefficient (Wildman–Crippen LogP) is 1.86. The smallest absolute Gasteiger partial charge is 0.191 e. The highest BCUT2D eigenvalue weighted by Crippen LogP contribution is 2.30. The molecule has 1 aliphatic heterocycles. The number of ether oxygens (including phenoxy) is 2. The van der Waals surface area contributed by atoms with Gasteiger partial charge in [-0.3, -0.25) is 4.99 Å². The molecule has 1 aromatic rings. The minimum absolute atomic E-state index is 0.396. The van der Waals surface area contributed by atoms with Gasteiger partial charge < -0.3 is 25.0 Å². The van der Waals surface area contributed by atoms with Crippen molar-refractivity contribution in [3.8, 4) is 11.5 Å². The van der Waals surface area contributed by atoms with Gasteiger partial charge in [0.05, 0.1) is 14.2 Å². The lowest BCUT2D eigenvalue weighted by molar-refractivity contribution is 0.394. The topological polar surface area (TPSA) is 58.1 Å². The van der Waals surface area contributed by atoms with Gasteiger partial charge in [-0.1, -0.05) is 0 Å². The van der Waals surface area contributed by atoms with Crippen LogP contribution in [0, 0.1) is 5.92 Å². The Hall–Kier alpha value is -2.11. The van der Waals surface area contributed by atoms with Gasteiger partial charge in [0.1, 0.15) is 11.5 Å². The molecule has 3 rings (SSSR count). The highest BCUT2D eigenvalue weighted by molar-refractivity contribution is 5.80. The Morgan fingerprint density at radius 3 is 2.46 bits per heavy atom. The maximum Gasteiger partial charge on any atom is 0.191 e. The normalized spacial score (nSPS) is 20.9. The zero-order valence-corrected chi connectivity index (χ0v) is 14.8. The number of nitrogens with zero attached hydrogens (tertiary/aromatic N) is 2. The number of nitrogens with one attached hydrogen (secondary N) is 2. The van der Waals surface area contributed by atoms with Crippen LogP contribution in [0.3, 0.4) is 0 Å². The molecule has 6 nitrogen and oxygen atoms in total. The van der Waals surface area contributed by atoms with E-state index < -0.39 is 0 Å². The van der Waals surface area contributed by atoms with Crippen molar-refractivity contribution in [2.45, 2.75) is 25.3 Å². The molecular formula is C18H28N4O2. The van der Waals surface area contributed by atoms with E-state index in [4.69, 9.17) is 9.47 Å². The molecule has 1 unspecified atom stereocenters. The van der Waals surface area contributed by atoms with Crippen LogP contribution in [0.2, 0.25) is 0 Å². The van der Waals surface area contributed by atoms with Crippen LogP contribution in [0.25, 0.3) is 0 Å². The average Bonchev–Trinajstić information content (AvgIpc) is 3.34. The first-order chi connectivity index (χ1) is 11.7. The summed E-state index contributed by atoms with van der Waals surface area (Å²) in [6.07, 6.45) is 3.78. The molecular weight excluding hydrogens is 304 g/mol. The average molecular weight is 332 g/mol. The molecule has 2 N–H and O–H groups in total. The molecule has 0 radical (unpaired) electrons. The number of hydrogen-bond donors (Lipinski definition) is 2. The second kappa shape index (κ2) is 7.64. The lowest BCUT2D eigenvalue weighted by Gasteiger charge is -2.21. The zero-order chi connectivity index (χ0) is 16.9. The lowest BCUT2D eigenvalue weighted by atomic mass is 10.2. The van der Waals surface area contributed by atoms with Gasteiger partial charge in [0, 0.05) is 56.6 Å². The van der Waals surface area contributed by atoms with Crippen molar-refractivity contribution >= 4 is 11.6 Å². The predicted molar refractivity (Wildman–Crippen MR) is 97.4 cm³/mol. The van der Waals surface area contributed by atoms with Crippen LogP contribution in [0.1, 0.15) is 19.3 Å². The summed E-state index contributed by atoms with van der Waals surface area (Å²) in [5.41, 5.74) is 1.14. The molecule has 132 valence electrons. The fourth-order valence-electron chi connectivity index (χ4n) is 3.04. The number of guanidine groups is 1. The van der Waals surface area contributed by atoms with Gasteiger partial charge in [-0.2, -0.15) is 0 Å². The first-order valence-corrected chi connectivity index (χ1v) is 8.67. The summed E-state index contributed by atoms with van der Waals surface area (Å²) < 4.78 is 10.7. The first-order valence-electron chi connectivity index (χ1n) is 8.67. The van der Waals surface area contributed by atoms with Crippen molar-refractivity contribution < 1.29 is 9.47 Å². The summed E-state index contributed by atoms with van der Waals surface area (Å²) in [5, 5.41) is 6.97. The van der Waals surface area contributed by atoms with E-state index in [1.54, 1.807) is 14.2 Å². The Morgan fingerprint density at radius 1 is 1.17 bits per heavy atom. The molecule has 1 saturated heterocycles. The molecule has 1 aliphatic carbocycles. The van der Waals surface area contributed by atoms with Crippen LogP contribution in [-0.4, -0.2) is 52.9 Å². The number of methoxy groups -OCH3 is 2. The Balaban J connectivity index is 1.58. The van der Waals surface area contributed by atoms with E-state index >= 15 is 0 Å². The van der Waals surface area contributed by atoms with Crippen molar-refractivity contribution in [3.63, 3.8) is 0 Å². The summed E-state index contributed by atoms with van der Waals surface area (Å²) in [6, 6.07) is 6.42. The highest BCUT2D eigenvalue weighted by Gasteiger charge is 2.25. The molecule has 2 fully saturated rings. The van der Waals surface area contributed by atoms with Crippen LogP contribution in [0.15, 0.2) is 23.2 Å². The minimum atomic E-state index is 0.396. The molecule has 1 aromatic carbocycles. The second-order valence-corrected chi connectivity index (χ2v) is 6.54. The van der Waals surface area contributed by atoms with Gasteiger partial charge in [-0.05, 0) is 25.2 Å². The van der Waals surface area contributed by atoms with Gasteiger partial charge in [-0.15, -0.1) is 0 Å². The monoisotopic (exact) mass is 332 g/mol. The second-order valence-electron chi connectivity index (χ2n) is 6.54. The van der Waals surface area contributed by atoms with Gasteiger partial charge in [0.15, 0.2) is 5.96 Å². The number of hydrogen-bond acceptors (Lipinski definition) is 4. The van der Waals surface area contributed by atoms with Crippen LogP contribution in [-0.2, 0) is 0 Å². The largest absolute Gasteiger partial charge is 0.497 e. The maximum absolute atomic E-state index is 5.37. The lowest BCUT2D eigenvalue weighted by Crippen LogP contribution is -2.45. The van der Waals surface area contributed by atoms with E-state index in [0.29, 0.717) is 6.04 Å². The molecule has 1 saturated carbocycles. The van der Waals surface area contributed by atoms with Crippen molar-refractivity contribution in [2.24, 2.45) is 10.9 Å². The minimum Gasteiger partial charge on any atom is -0.497 e. The Bertz CT molecular complexity index is 564. The first kappa shape index (κ1) is 16.7. The molecule has 0 amide bonds. The van der Waals surface area contributed by atoms with Gasteiger partial charge in [-0.25, -0.2) is 0 Å². The van der Waals surface area contributed by atoms with E-state index in [0.717, 1.165) is 55.1 Å². The number of anilines is 1. The standard InChI is InChI=1S/C18H28N4O2/c1-19-18(20-11-13-4-5-13)21-14-6-7-22(12-14)15-8-16(23-2)10-17(9-15)24-3/h8-10,13-14H,4-7,11-12H2,1-3H3,(H2,19,20,21). The third-order valence-electron chi connectivity index (χ3n) is 4.71. The summed E-state index contributed by atoms with van der Waals surface area (Å²) in [6.45, 7) is 2.98. The molecule has 0 spiro atoms. The summed E-state index contributed by atoms with van der Waals surface area (Å²) in [5.74, 6) is 3.40. The van der Waals surface area contributed by atoms with Crippen LogP contribution >= 0.6 is 0 Å². The molecule has 0 bridgehead atoms. The quantitative estimate of drug-likeness (QED) is 0.615. The Kier molecular flexibility index (Phi) is 5.33. The molecule has 2 aliphatic rings. The number of aliphatic imine (C=N–C) groups is 1. The van der Waals surface area contributed by atoms with E-state index in [2.05, 4.69) is 32.7 Å². The number of rotatable bonds is 6. The van der Waals surface area contributed by atoms with E-state index in [-0.39, 0.29) is 0 Å². The van der Waals surface area contributed by atoms with E-state index in [1.165, 1.54) is 12.8 Å². The SMILES string of the molecule is CN=C(NCC1CC1)NC1CCN(c2cc(OC)cc(OC)c2)C1. The Morgan fingerprint density at radius 2 is 1.88 bits per heavy atom. The molecule has 6 heteroatoms. The highest BCUT2D eigenvalue weighted by atomic mass is 16.5. The van der Waals surface area contributed by atoms with Gasteiger partial charge in [0.25, 0.3) is 0 Å². The fourth-order valence-corrected chi connectivity index (χ4v) is 3.04. The third-order valence-corrected chi connectivity index (χ3v) is 4.71. The van der Waals surface area contributed by atoms with Crippen molar-refractivity contribution in [1.29, 1.82) is 0 Å². The summed E-state index contributed by atoms with van der Waals surface area (Å²) >= 11 is 0. The molecule has 1 heterocycles. The molecule has 1 atom stereocenters. The van der Waals surface area contributed by atoms with Gasteiger partial charge in [0.2, 0.25) is 0 Å². The van der Waals surface area contributed by atoms with Crippen molar-refractivity contribution in [3.05, 3.63) is 18.2 Å². The molecule has 0 aromatic heterocycles. The summed E-state index contributed by atoms with van der Waals surface area (Å²) in [4.78, 5) is 6.70. The van der Waals surface area contributed by atoms with Crippen LogP contribution < -0.4 is 25.0 Å². The van der Waals surface area contributed by atoms with Crippen LogP contribution in [0.4, 0.5) is 5.69 Å². The summed E-state index contributed by atoms with van der Waals surface area (Å²) in [7, 11) is 5.20. The van der Waals surface area contributed by atoms with E-state index in [9.17, 15) is 0 Å². The Labute approximate surface area is 144 Å². The van der Waals surface area contributed by atoms with Crippen molar-refractivity contribution in [2.75, 3.05) is 45.8 Å². The third kappa shape index (κ3) is 4.24. The van der Waals surface area contributed by atoms with Crippen LogP contribution in [0.5, 0.6) is 11.5 Å². The maximum atomic E-state index is 5.37. The number of benzene rings is 1. The van der Waals surface area contributed by atoms with Gasteiger partial charge >= 0.3 is 0 Å².